The van der Waals surface area contributed by atoms with Gasteiger partial charge in [-0.25, -0.2) is 8.42 Å². The van der Waals surface area contributed by atoms with Crippen LogP contribution in [0, 0.1) is 0 Å². The lowest BCUT2D eigenvalue weighted by Gasteiger charge is -2.23. The summed E-state index contributed by atoms with van der Waals surface area (Å²) in [6.07, 6.45) is 1.15. The van der Waals surface area contributed by atoms with Crippen LogP contribution in [0.25, 0.3) is 11.0 Å². The summed E-state index contributed by atoms with van der Waals surface area (Å²) >= 11 is 0.976. The minimum Gasteiger partial charge on any atom is -0.351 e. The van der Waals surface area contributed by atoms with Crippen LogP contribution < -0.4 is 5.32 Å². The average Bonchev–Trinajstić information content (AvgIpc) is 3.36. The predicted molar refractivity (Wildman–Crippen MR) is 103 cm³/mol. The largest absolute Gasteiger partial charge is 0.351 e. The predicted octanol–water partition coefficient (Wildman–Crippen LogP) is 2.16. The first-order chi connectivity index (χ1) is 13.1. The molecule has 1 aliphatic rings. The molecule has 1 unspecified atom stereocenters. The molecule has 1 N–H and O–H groups in total. The second-order valence-corrected chi connectivity index (χ2v) is 8.75. The molecule has 2 heterocycles. The molecule has 7 nitrogen and oxygen atoms in total. The van der Waals surface area contributed by atoms with Gasteiger partial charge in [-0.05, 0) is 30.5 Å². The molecule has 3 aromatic rings. The van der Waals surface area contributed by atoms with Gasteiger partial charge in [-0.3, -0.25) is 4.79 Å². The fourth-order valence-electron chi connectivity index (χ4n) is 3.31. The monoisotopic (exact) mass is 402 g/mol. The molecule has 0 bridgehead atoms. The topological polar surface area (TPSA) is 92.3 Å². The van der Waals surface area contributed by atoms with Crippen molar-refractivity contribution in [1.29, 1.82) is 0 Å². The van der Waals surface area contributed by atoms with Crippen LogP contribution in [0.15, 0.2) is 53.4 Å². The summed E-state index contributed by atoms with van der Waals surface area (Å²) in [5, 5.41) is 2.86. The summed E-state index contributed by atoms with van der Waals surface area (Å²) < 4.78 is 36.0. The van der Waals surface area contributed by atoms with E-state index in [4.69, 9.17) is 0 Å². The number of fused-ring (bicyclic) bond motifs is 1. The highest BCUT2D eigenvalue weighted by molar-refractivity contribution is 7.89. The number of benzene rings is 2. The van der Waals surface area contributed by atoms with Crippen molar-refractivity contribution in [1.82, 2.24) is 18.4 Å². The van der Waals surface area contributed by atoms with Gasteiger partial charge in [-0.1, -0.05) is 36.4 Å². The van der Waals surface area contributed by atoms with Crippen molar-refractivity contribution in [3.05, 3.63) is 54.1 Å². The van der Waals surface area contributed by atoms with Crippen molar-refractivity contribution in [3.8, 4) is 0 Å². The number of hydrogen-bond donors (Lipinski definition) is 1. The number of carbonyl (C=O) groups excluding carboxylic acids is 1. The molecule has 0 spiro atoms. The quantitative estimate of drug-likeness (QED) is 0.706. The van der Waals surface area contributed by atoms with Gasteiger partial charge in [-0.2, -0.15) is 13.1 Å². The molecule has 0 saturated carbocycles. The zero-order valence-electron chi connectivity index (χ0n) is 14.4. The minimum atomic E-state index is -3.84. The molecule has 9 heteroatoms. The number of carbonyl (C=O) groups is 1. The number of sulfonamides is 1. The van der Waals surface area contributed by atoms with E-state index in [0.717, 1.165) is 17.3 Å². The molecule has 2 aromatic carbocycles. The lowest BCUT2D eigenvalue weighted by molar-refractivity contribution is -0.124. The number of nitrogens with zero attached hydrogens (tertiary/aromatic N) is 3. The third-order valence-electron chi connectivity index (χ3n) is 4.65. The summed E-state index contributed by atoms with van der Waals surface area (Å²) in [4.78, 5) is 12.8. The number of nitrogens with one attached hydrogen (secondary N) is 1. The van der Waals surface area contributed by atoms with Crippen molar-refractivity contribution in [2.45, 2.75) is 30.3 Å². The highest BCUT2D eigenvalue weighted by Crippen LogP contribution is 2.30. The Hall–Kier alpha value is -2.36. The molecule has 1 atom stereocenters. The highest BCUT2D eigenvalue weighted by atomic mass is 32.2. The van der Waals surface area contributed by atoms with E-state index in [1.807, 2.05) is 30.3 Å². The van der Waals surface area contributed by atoms with Gasteiger partial charge in [0.05, 0.1) is 11.7 Å². The minimum absolute atomic E-state index is 0.108. The molecule has 1 aromatic heterocycles. The van der Waals surface area contributed by atoms with Crippen LogP contribution in [-0.4, -0.2) is 40.0 Å². The Morgan fingerprint density at radius 1 is 1.15 bits per heavy atom. The summed E-state index contributed by atoms with van der Waals surface area (Å²) in [6, 6.07) is 13.7. The SMILES string of the molecule is O=C(NCc1ccccc1)C1CCCN1S(=O)(=O)c1cccc2nsnc12. The second kappa shape index (κ2) is 7.34. The van der Waals surface area contributed by atoms with Crippen LogP contribution in [0.3, 0.4) is 0 Å². The maximum Gasteiger partial charge on any atom is 0.246 e. The van der Waals surface area contributed by atoms with Gasteiger partial charge >= 0.3 is 0 Å². The summed E-state index contributed by atoms with van der Waals surface area (Å²) in [6.45, 7) is 0.690. The molecule has 1 amide bonds. The van der Waals surface area contributed by atoms with Gasteiger partial charge in [0, 0.05) is 13.1 Å². The summed E-state index contributed by atoms with van der Waals surface area (Å²) in [5.41, 5.74) is 1.87. The number of rotatable bonds is 5. The standard InChI is InChI=1S/C18H18N4O3S2/c23-18(19-12-13-6-2-1-3-7-13)15-9-5-11-22(15)27(24,25)16-10-4-8-14-17(16)21-26-20-14/h1-4,6-8,10,15H,5,9,11-12H2,(H,19,23). The van der Waals surface area contributed by atoms with Gasteiger partial charge in [0.25, 0.3) is 0 Å². The van der Waals surface area contributed by atoms with Crippen LogP contribution in [0.5, 0.6) is 0 Å². The Morgan fingerprint density at radius 2 is 1.96 bits per heavy atom. The molecule has 0 radical (unpaired) electrons. The van der Waals surface area contributed by atoms with Crippen LogP contribution in [0.4, 0.5) is 0 Å². The first-order valence-electron chi connectivity index (χ1n) is 8.62. The molecular formula is C18H18N4O3S2. The van der Waals surface area contributed by atoms with E-state index in [2.05, 4.69) is 14.1 Å². The van der Waals surface area contributed by atoms with E-state index in [-0.39, 0.29) is 10.8 Å². The number of aromatic nitrogens is 2. The first-order valence-corrected chi connectivity index (χ1v) is 10.8. The van der Waals surface area contributed by atoms with Crippen LogP contribution in [-0.2, 0) is 21.4 Å². The Balaban J connectivity index is 1.57. The smallest absolute Gasteiger partial charge is 0.246 e. The zero-order chi connectivity index (χ0) is 18.9. The van der Waals surface area contributed by atoms with E-state index in [9.17, 15) is 13.2 Å². The molecule has 4 rings (SSSR count). The van der Waals surface area contributed by atoms with Gasteiger partial charge in [0.15, 0.2) is 0 Å². The molecular weight excluding hydrogens is 384 g/mol. The summed E-state index contributed by atoms with van der Waals surface area (Å²) in [7, 11) is -3.84. The molecule has 27 heavy (non-hydrogen) atoms. The van der Waals surface area contributed by atoms with Crippen molar-refractivity contribution < 1.29 is 13.2 Å². The lowest BCUT2D eigenvalue weighted by Crippen LogP contribution is -2.45. The second-order valence-electron chi connectivity index (χ2n) is 6.37. The fraction of sp³-hybridized carbons (Fsp3) is 0.278. The van der Waals surface area contributed by atoms with Crippen molar-refractivity contribution in [3.63, 3.8) is 0 Å². The van der Waals surface area contributed by atoms with Gasteiger partial charge in [0.1, 0.15) is 22.0 Å². The molecule has 140 valence electrons. The molecule has 1 aliphatic heterocycles. The van der Waals surface area contributed by atoms with Crippen molar-refractivity contribution in [2.24, 2.45) is 0 Å². The molecule has 1 fully saturated rings. The van der Waals surface area contributed by atoms with Gasteiger partial charge < -0.3 is 5.32 Å². The van der Waals surface area contributed by atoms with E-state index in [1.165, 1.54) is 10.4 Å². The van der Waals surface area contributed by atoms with Crippen molar-refractivity contribution in [2.75, 3.05) is 6.54 Å². The number of hydrogen-bond acceptors (Lipinski definition) is 6. The Morgan fingerprint density at radius 3 is 2.78 bits per heavy atom. The maximum atomic E-state index is 13.2. The zero-order valence-corrected chi connectivity index (χ0v) is 16.0. The Kier molecular flexibility index (Phi) is 4.90. The van der Waals surface area contributed by atoms with E-state index < -0.39 is 16.1 Å². The maximum absolute atomic E-state index is 13.2. The fourth-order valence-corrected chi connectivity index (χ4v) is 5.72. The van der Waals surface area contributed by atoms with Crippen molar-refractivity contribution >= 4 is 38.7 Å². The van der Waals surface area contributed by atoms with Gasteiger partial charge in [-0.15, -0.1) is 0 Å². The van der Waals surface area contributed by atoms with Crippen LogP contribution >= 0.6 is 11.7 Å². The Bertz CT molecular complexity index is 1070. The first kappa shape index (κ1) is 18.0. The summed E-state index contributed by atoms with van der Waals surface area (Å²) in [5.74, 6) is -0.275. The highest BCUT2D eigenvalue weighted by Gasteiger charge is 2.40. The van der Waals surface area contributed by atoms with Gasteiger partial charge in [0.2, 0.25) is 15.9 Å². The Labute approximate surface area is 161 Å². The molecule has 0 aliphatic carbocycles. The normalized spacial score (nSPS) is 18.0. The van der Waals surface area contributed by atoms with Crippen LogP contribution in [0.2, 0.25) is 0 Å². The average molecular weight is 403 g/mol. The van der Waals surface area contributed by atoms with E-state index >= 15 is 0 Å². The van der Waals surface area contributed by atoms with E-state index in [1.54, 1.807) is 12.1 Å². The van der Waals surface area contributed by atoms with E-state index in [0.29, 0.717) is 37.0 Å². The third kappa shape index (κ3) is 3.45. The number of amides is 1. The lowest BCUT2D eigenvalue weighted by atomic mass is 10.2. The van der Waals surface area contributed by atoms with Crippen LogP contribution in [0.1, 0.15) is 18.4 Å². The molecule has 1 saturated heterocycles. The third-order valence-corrected chi connectivity index (χ3v) is 7.13.